The van der Waals surface area contributed by atoms with Crippen LogP contribution in [0.2, 0.25) is 0 Å². The first-order valence-corrected chi connectivity index (χ1v) is 9.09. The van der Waals surface area contributed by atoms with E-state index in [4.69, 9.17) is 4.99 Å². The van der Waals surface area contributed by atoms with Gasteiger partial charge in [-0.25, -0.2) is 4.98 Å². The third-order valence-electron chi connectivity index (χ3n) is 3.59. The van der Waals surface area contributed by atoms with Gasteiger partial charge in [-0.15, -0.1) is 35.3 Å². The van der Waals surface area contributed by atoms with Gasteiger partial charge < -0.3 is 10.6 Å². The van der Waals surface area contributed by atoms with E-state index in [2.05, 4.69) is 55.1 Å². The lowest BCUT2D eigenvalue weighted by molar-refractivity contribution is 0.237. The van der Waals surface area contributed by atoms with Crippen LogP contribution in [0.1, 0.15) is 37.6 Å². The fourth-order valence-corrected chi connectivity index (χ4v) is 3.12. The number of halogens is 1. The van der Waals surface area contributed by atoms with Crippen molar-refractivity contribution >= 4 is 41.3 Å². The maximum atomic E-state index is 4.70. The van der Waals surface area contributed by atoms with Gasteiger partial charge in [-0.1, -0.05) is 13.8 Å². The summed E-state index contributed by atoms with van der Waals surface area (Å²) in [6.07, 6.45) is 2.87. The number of aromatic nitrogens is 1. The van der Waals surface area contributed by atoms with Gasteiger partial charge in [-0.2, -0.15) is 0 Å². The summed E-state index contributed by atoms with van der Waals surface area (Å²) in [5, 5.41) is 7.88. The van der Waals surface area contributed by atoms with Crippen LogP contribution in [0.25, 0.3) is 0 Å². The minimum atomic E-state index is 0. The third-order valence-corrected chi connectivity index (χ3v) is 4.57. The van der Waals surface area contributed by atoms with Gasteiger partial charge in [0.1, 0.15) is 0 Å². The monoisotopic (exact) mass is 453 g/mol. The van der Waals surface area contributed by atoms with Crippen molar-refractivity contribution in [1.29, 1.82) is 0 Å². The van der Waals surface area contributed by atoms with Crippen molar-refractivity contribution in [3.63, 3.8) is 0 Å². The molecule has 23 heavy (non-hydrogen) atoms. The Morgan fingerprint density at radius 1 is 1.30 bits per heavy atom. The van der Waals surface area contributed by atoms with Crippen LogP contribution >= 0.6 is 35.3 Å². The van der Waals surface area contributed by atoms with Crippen LogP contribution in [0.5, 0.6) is 0 Å². The van der Waals surface area contributed by atoms with Crippen LogP contribution in [0.4, 0.5) is 0 Å². The maximum Gasteiger partial charge on any atom is 0.191 e. The van der Waals surface area contributed by atoms with E-state index in [0.717, 1.165) is 45.1 Å². The molecule has 0 fully saturated rings. The Bertz CT molecular complexity index is 445. The first kappa shape index (κ1) is 22.6. The smallest absolute Gasteiger partial charge is 0.191 e. The van der Waals surface area contributed by atoms with Gasteiger partial charge in [0.05, 0.1) is 11.6 Å². The Hall–Kier alpha value is -0.410. The van der Waals surface area contributed by atoms with Crippen LogP contribution in [0.3, 0.4) is 0 Å². The van der Waals surface area contributed by atoms with Gasteiger partial charge in [0.15, 0.2) is 5.96 Å². The van der Waals surface area contributed by atoms with Gasteiger partial charge in [-0.05, 0) is 33.9 Å². The molecule has 1 atom stereocenters. The van der Waals surface area contributed by atoms with Crippen molar-refractivity contribution < 1.29 is 0 Å². The molecule has 0 radical (unpaired) electrons. The van der Waals surface area contributed by atoms with E-state index in [1.54, 1.807) is 11.3 Å². The minimum absolute atomic E-state index is 0. The first-order valence-electron chi connectivity index (χ1n) is 8.28. The largest absolute Gasteiger partial charge is 0.357 e. The summed E-state index contributed by atoms with van der Waals surface area (Å²) in [5.74, 6) is 0.898. The van der Waals surface area contributed by atoms with Crippen molar-refractivity contribution in [2.75, 3.05) is 32.7 Å². The van der Waals surface area contributed by atoms with Gasteiger partial charge in [0.25, 0.3) is 0 Å². The zero-order valence-corrected chi connectivity index (χ0v) is 18.2. The number of aryl methyl sites for hydroxylation is 1. The fraction of sp³-hybridized carbons (Fsp3) is 0.750. The third kappa shape index (κ3) is 8.85. The molecule has 0 aliphatic heterocycles. The molecule has 1 heterocycles. The summed E-state index contributed by atoms with van der Waals surface area (Å²) >= 11 is 1.76. The van der Waals surface area contributed by atoms with Crippen LogP contribution in [-0.4, -0.2) is 54.6 Å². The van der Waals surface area contributed by atoms with Gasteiger partial charge in [-0.3, -0.25) is 9.89 Å². The summed E-state index contributed by atoms with van der Waals surface area (Å²) in [6.45, 7) is 15.5. The molecule has 134 valence electrons. The van der Waals surface area contributed by atoms with E-state index in [1.807, 2.05) is 6.20 Å². The Kier molecular flexibility index (Phi) is 12.7. The predicted molar refractivity (Wildman–Crippen MR) is 112 cm³/mol. The van der Waals surface area contributed by atoms with Crippen molar-refractivity contribution in [1.82, 2.24) is 20.5 Å². The lowest BCUT2D eigenvalue weighted by Gasteiger charge is -2.25. The molecule has 0 spiro atoms. The molecule has 0 aromatic carbocycles. The number of nitrogens with zero attached hydrogens (tertiary/aromatic N) is 3. The summed E-state index contributed by atoms with van der Waals surface area (Å²) in [7, 11) is 0. The SMILES string of the molecule is CCNC(=NCC(C)N(CC)CC)NCCc1ncc(C)s1.I. The average Bonchev–Trinajstić information content (AvgIpc) is 2.91. The molecule has 1 aromatic heterocycles. The molecule has 0 aliphatic rings. The van der Waals surface area contributed by atoms with Crippen LogP contribution in [0, 0.1) is 6.92 Å². The normalized spacial score (nSPS) is 12.9. The lowest BCUT2D eigenvalue weighted by atomic mass is 10.3. The second-order valence-electron chi connectivity index (χ2n) is 5.33. The number of aliphatic imine (C=N–C) groups is 1. The number of thiazole rings is 1. The molecular formula is C16H32IN5S. The quantitative estimate of drug-likeness (QED) is 0.343. The van der Waals surface area contributed by atoms with Crippen LogP contribution in [0.15, 0.2) is 11.2 Å². The summed E-state index contributed by atoms with van der Waals surface area (Å²) < 4.78 is 0. The second-order valence-corrected chi connectivity index (χ2v) is 6.65. The number of hydrogen-bond donors (Lipinski definition) is 2. The van der Waals surface area contributed by atoms with Crippen molar-refractivity contribution in [3.05, 3.63) is 16.1 Å². The Morgan fingerprint density at radius 2 is 2.00 bits per heavy atom. The van der Waals surface area contributed by atoms with Gasteiger partial charge in [0, 0.05) is 36.6 Å². The number of hydrogen-bond acceptors (Lipinski definition) is 4. The van der Waals surface area contributed by atoms with E-state index >= 15 is 0 Å². The fourth-order valence-electron chi connectivity index (χ4n) is 2.33. The highest BCUT2D eigenvalue weighted by Crippen LogP contribution is 2.10. The number of rotatable bonds is 9. The molecule has 7 heteroatoms. The zero-order valence-electron chi connectivity index (χ0n) is 15.1. The Labute approximate surface area is 162 Å². The second kappa shape index (κ2) is 12.9. The number of guanidine groups is 1. The zero-order chi connectivity index (χ0) is 16.4. The molecule has 0 aliphatic carbocycles. The topological polar surface area (TPSA) is 52.6 Å². The average molecular weight is 453 g/mol. The molecule has 0 saturated heterocycles. The molecule has 2 N–H and O–H groups in total. The summed E-state index contributed by atoms with van der Waals surface area (Å²) in [5.41, 5.74) is 0. The molecule has 1 unspecified atom stereocenters. The summed E-state index contributed by atoms with van der Waals surface area (Å²) in [6, 6.07) is 0.465. The maximum absolute atomic E-state index is 4.70. The van der Waals surface area contributed by atoms with Crippen molar-refractivity contribution in [2.24, 2.45) is 4.99 Å². The van der Waals surface area contributed by atoms with Crippen molar-refractivity contribution in [3.8, 4) is 0 Å². The first-order chi connectivity index (χ1) is 10.6. The molecule has 0 amide bonds. The number of nitrogens with one attached hydrogen (secondary N) is 2. The van der Waals surface area contributed by atoms with E-state index in [9.17, 15) is 0 Å². The van der Waals surface area contributed by atoms with Crippen LogP contribution < -0.4 is 10.6 Å². The standard InChI is InChI=1S/C16H31N5S.HI/c1-6-17-16(20-11-13(4)21(7-2)8-3)18-10-9-15-19-12-14(5)22-15;/h12-13H,6-11H2,1-5H3,(H2,17,18,20);1H. The molecule has 1 rings (SSSR count). The highest BCUT2D eigenvalue weighted by atomic mass is 127. The van der Waals surface area contributed by atoms with E-state index in [0.29, 0.717) is 6.04 Å². The highest BCUT2D eigenvalue weighted by Gasteiger charge is 2.09. The van der Waals surface area contributed by atoms with Crippen LogP contribution in [-0.2, 0) is 6.42 Å². The predicted octanol–water partition coefficient (Wildman–Crippen LogP) is 2.90. The molecular weight excluding hydrogens is 421 g/mol. The van der Waals surface area contributed by atoms with Gasteiger partial charge >= 0.3 is 0 Å². The van der Waals surface area contributed by atoms with E-state index < -0.39 is 0 Å². The van der Waals surface area contributed by atoms with Crippen molar-refractivity contribution in [2.45, 2.75) is 47.1 Å². The Balaban J connectivity index is 0.00000484. The molecule has 1 aromatic rings. The Morgan fingerprint density at radius 3 is 2.52 bits per heavy atom. The molecule has 0 bridgehead atoms. The molecule has 0 saturated carbocycles. The highest BCUT2D eigenvalue weighted by molar-refractivity contribution is 14.0. The van der Waals surface area contributed by atoms with Gasteiger partial charge in [0.2, 0.25) is 0 Å². The summed E-state index contributed by atoms with van der Waals surface area (Å²) in [4.78, 5) is 12.8. The minimum Gasteiger partial charge on any atom is -0.357 e. The number of likely N-dealkylation sites (N-methyl/N-ethyl adjacent to an activating group) is 1. The van der Waals surface area contributed by atoms with E-state index in [1.165, 1.54) is 9.88 Å². The lowest BCUT2D eigenvalue weighted by Crippen LogP contribution is -2.40. The molecule has 5 nitrogen and oxygen atoms in total. The van der Waals surface area contributed by atoms with E-state index in [-0.39, 0.29) is 24.0 Å².